The van der Waals surface area contributed by atoms with Gasteiger partial charge in [-0.05, 0) is 34.9 Å². The Bertz CT molecular complexity index is 1490. The summed E-state index contributed by atoms with van der Waals surface area (Å²) in [6, 6.07) is 20.3. The third-order valence-corrected chi connectivity index (χ3v) is 6.62. The number of carbonyl (C=O) groups is 4. The molecule has 0 aliphatic rings. The van der Waals surface area contributed by atoms with Crippen molar-refractivity contribution in [3.8, 4) is 0 Å². The van der Waals surface area contributed by atoms with Crippen molar-refractivity contribution in [2.75, 3.05) is 5.32 Å². The molecule has 4 amide bonds. The van der Waals surface area contributed by atoms with Crippen LogP contribution in [0.5, 0.6) is 0 Å². The third-order valence-electron chi connectivity index (χ3n) is 5.87. The number of hydrogen-bond donors (Lipinski definition) is 5. The lowest BCUT2D eigenvalue weighted by atomic mass is 9.99. The number of nitrogens with one attached hydrogen (secondary N) is 4. The molecule has 0 bridgehead atoms. The summed E-state index contributed by atoms with van der Waals surface area (Å²) in [6.07, 6.45) is -0.321. The van der Waals surface area contributed by atoms with Crippen LogP contribution in [0.15, 0.2) is 78.2 Å². The summed E-state index contributed by atoms with van der Waals surface area (Å²) in [7, 11) is 0. The van der Waals surface area contributed by atoms with E-state index in [1.807, 2.05) is 66.7 Å². The van der Waals surface area contributed by atoms with Crippen molar-refractivity contribution in [1.82, 2.24) is 20.9 Å². The van der Waals surface area contributed by atoms with Crippen LogP contribution in [-0.4, -0.2) is 39.9 Å². The van der Waals surface area contributed by atoms with Gasteiger partial charge in [0, 0.05) is 11.9 Å². The van der Waals surface area contributed by atoms with Crippen molar-refractivity contribution in [1.29, 1.82) is 0 Å². The number of hydrogen-bond acceptors (Lipinski definition) is 6. The average molecular weight is 546 g/mol. The van der Waals surface area contributed by atoms with E-state index in [1.54, 1.807) is 6.07 Å². The molecule has 0 spiro atoms. The maximum absolute atomic E-state index is 12.9. The molecule has 200 valence electrons. The Morgan fingerprint density at radius 1 is 0.923 bits per heavy atom. The number of benzene rings is 3. The molecule has 2 atom stereocenters. The second-order valence-corrected chi connectivity index (χ2v) is 9.65. The van der Waals surface area contributed by atoms with E-state index in [4.69, 9.17) is 0 Å². The first-order chi connectivity index (χ1) is 18.8. The number of urea groups is 1. The maximum Gasteiger partial charge on any atom is 0.321 e. The number of amides is 4. The number of thiazole rings is 1. The van der Waals surface area contributed by atoms with Gasteiger partial charge in [-0.1, -0.05) is 66.7 Å². The van der Waals surface area contributed by atoms with Gasteiger partial charge in [0.15, 0.2) is 5.13 Å². The van der Waals surface area contributed by atoms with Crippen LogP contribution in [0.3, 0.4) is 0 Å². The highest BCUT2D eigenvalue weighted by Gasteiger charge is 2.24. The molecule has 0 aliphatic carbocycles. The SMILES string of the molecule is CC(NC(=O)c1csc(NC(=O)NCc2ccccc2)n1)C(=O)NC(CC(=O)O)c1ccc2ccccc2c1. The number of fused-ring (bicyclic) bond motifs is 1. The van der Waals surface area contributed by atoms with E-state index in [2.05, 4.69) is 26.3 Å². The van der Waals surface area contributed by atoms with Gasteiger partial charge in [-0.2, -0.15) is 0 Å². The van der Waals surface area contributed by atoms with Gasteiger partial charge in [0.2, 0.25) is 5.91 Å². The summed E-state index contributed by atoms with van der Waals surface area (Å²) >= 11 is 1.07. The number of anilines is 1. The van der Waals surface area contributed by atoms with Gasteiger partial charge in [0.25, 0.3) is 5.91 Å². The van der Waals surface area contributed by atoms with Crippen LogP contribution in [-0.2, 0) is 16.1 Å². The average Bonchev–Trinajstić information content (AvgIpc) is 3.40. The summed E-state index contributed by atoms with van der Waals surface area (Å²) < 4.78 is 0. The fourth-order valence-corrected chi connectivity index (χ4v) is 4.52. The molecule has 4 rings (SSSR count). The van der Waals surface area contributed by atoms with Gasteiger partial charge in [0.1, 0.15) is 11.7 Å². The van der Waals surface area contributed by atoms with Crippen LogP contribution in [0.25, 0.3) is 10.8 Å². The molecule has 0 saturated heterocycles. The first-order valence-corrected chi connectivity index (χ1v) is 13.0. The molecule has 5 N–H and O–H groups in total. The first-order valence-electron chi connectivity index (χ1n) is 12.1. The molecule has 0 radical (unpaired) electrons. The molecule has 4 aromatic rings. The number of carbonyl (C=O) groups excluding carboxylic acids is 3. The third kappa shape index (κ3) is 7.62. The van der Waals surface area contributed by atoms with Crippen LogP contribution >= 0.6 is 11.3 Å². The largest absolute Gasteiger partial charge is 0.481 e. The van der Waals surface area contributed by atoms with E-state index in [1.165, 1.54) is 12.3 Å². The van der Waals surface area contributed by atoms with Gasteiger partial charge in [-0.3, -0.25) is 19.7 Å². The number of nitrogens with zero attached hydrogens (tertiary/aromatic N) is 1. The minimum atomic E-state index is -1.07. The Morgan fingerprint density at radius 2 is 1.64 bits per heavy atom. The normalized spacial score (nSPS) is 12.2. The molecule has 10 nitrogen and oxygen atoms in total. The quantitative estimate of drug-likeness (QED) is 0.203. The number of aromatic nitrogens is 1. The molecule has 0 fully saturated rings. The number of aliphatic carboxylic acids is 1. The summed E-state index contributed by atoms with van der Waals surface area (Å²) in [5, 5.41) is 23.6. The van der Waals surface area contributed by atoms with E-state index >= 15 is 0 Å². The van der Waals surface area contributed by atoms with Gasteiger partial charge in [0.05, 0.1) is 12.5 Å². The zero-order chi connectivity index (χ0) is 27.8. The molecular weight excluding hydrogens is 518 g/mol. The van der Waals surface area contributed by atoms with Crippen molar-refractivity contribution in [3.05, 3.63) is 95.0 Å². The predicted molar refractivity (Wildman–Crippen MR) is 148 cm³/mol. The van der Waals surface area contributed by atoms with Gasteiger partial charge in [-0.25, -0.2) is 9.78 Å². The van der Waals surface area contributed by atoms with Crippen molar-refractivity contribution in [3.63, 3.8) is 0 Å². The van der Waals surface area contributed by atoms with E-state index in [0.29, 0.717) is 12.1 Å². The summed E-state index contributed by atoms with van der Waals surface area (Å²) in [5.41, 5.74) is 1.61. The topological polar surface area (TPSA) is 150 Å². The predicted octanol–water partition coefficient (Wildman–Crippen LogP) is 4.07. The fraction of sp³-hybridized carbons (Fsp3) is 0.179. The van der Waals surface area contributed by atoms with E-state index in [0.717, 1.165) is 27.7 Å². The van der Waals surface area contributed by atoms with E-state index in [-0.39, 0.29) is 17.2 Å². The Balaban J connectivity index is 1.33. The van der Waals surface area contributed by atoms with Crippen LogP contribution in [0.1, 0.15) is 41.0 Å². The van der Waals surface area contributed by atoms with Crippen molar-refractivity contribution < 1.29 is 24.3 Å². The Labute approximate surface area is 228 Å². The van der Waals surface area contributed by atoms with Gasteiger partial charge >= 0.3 is 12.0 Å². The minimum absolute atomic E-state index is 0.0367. The fourth-order valence-electron chi connectivity index (χ4n) is 3.84. The van der Waals surface area contributed by atoms with Crippen LogP contribution in [0.2, 0.25) is 0 Å². The van der Waals surface area contributed by atoms with Crippen molar-refractivity contribution in [2.45, 2.75) is 32.0 Å². The highest BCUT2D eigenvalue weighted by Crippen LogP contribution is 2.23. The first kappa shape index (κ1) is 27.3. The molecule has 39 heavy (non-hydrogen) atoms. The molecule has 1 heterocycles. The van der Waals surface area contributed by atoms with Gasteiger partial charge in [-0.15, -0.1) is 11.3 Å². The highest BCUT2D eigenvalue weighted by atomic mass is 32.1. The highest BCUT2D eigenvalue weighted by molar-refractivity contribution is 7.14. The lowest BCUT2D eigenvalue weighted by molar-refractivity contribution is -0.137. The van der Waals surface area contributed by atoms with Crippen molar-refractivity contribution >= 4 is 51.1 Å². The Kier molecular flexibility index (Phi) is 8.85. The van der Waals surface area contributed by atoms with Crippen LogP contribution in [0.4, 0.5) is 9.93 Å². The second-order valence-electron chi connectivity index (χ2n) is 8.79. The smallest absolute Gasteiger partial charge is 0.321 e. The molecular formula is C28H27N5O5S. The molecule has 2 unspecified atom stereocenters. The summed E-state index contributed by atoms with van der Waals surface area (Å²) in [5.74, 6) is -2.22. The zero-order valence-corrected chi connectivity index (χ0v) is 21.8. The zero-order valence-electron chi connectivity index (χ0n) is 21.0. The lowest BCUT2D eigenvalue weighted by Gasteiger charge is -2.21. The maximum atomic E-state index is 12.9. The molecule has 3 aromatic carbocycles. The molecule has 1 aromatic heterocycles. The van der Waals surface area contributed by atoms with Crippen molar-refractivity contribution in [2.24, 2.45) is 0 Å². The van der Waals surface area contributed by atoms with E-state index in [9.17, 15) is 24.3 Å². The summed E-state index contributed by atoms with van der Waals surface area (Å²) in [6.45, 7) is 1.83. The summed E-state index contributed by atoms with van der Waals surface area (Å²) in [4.78, 5) is 53.3. The second kappa shape index (κ2) is 12.7. The lowest BCUT2D eigenvalue weighted by Crippen LogP contribution is -2.46. The number of carboxylic acids is 1. The van der Waals surface area contributed by atoms with E-state index < -0.39 is 35.9 Å². The molecule has 0 aliphatic heterocycles. The monoisotopic (exact) mass is 545 g/mol. The molecule has 11 heteroatoms. The van der Waals surface area contributed by atoms with Crippen LogP contribution in [0, 0.1) is 0 Å². The number of carboxylic acid groups (broad SMARTS) is 1. The molecule has 0 saturated carbocycles. The number of rotatable bonds is 10. The Hall–Kier alpha value is -4.77. The Morgan fingerprint density at radius 3 is 2.38 bits per heavy atom. The van der Waals surface area contributed by atoms with Crippen LogP contribution < -0.4 is 21.3 Å². The van der Waals surface area contributed by atoms with Gasteiger partial charge < -0.3 is 21.1 Å². The minimum Gasteiger partial charge on any atom is -0.481 e. The standard InChI is InChI=1S/C28H27N5O5S/c1-17(25(36)31-22(14-24(34)35)21-12-11-19-9-5-6-10-20(19)13-21)30-26(37)23-16-39-28(32-23)33-27(38)29-15-18-7-3-2-4-8-18/h2-13,16-17,22H,14-15H2,1H3,(H,30,37)(H,31,36)(H,34,35)(H2,29,32,33,38).